The topological polar surface area (TPSA) is 27.1 Å². The van der Waals surface area contributed by atoms with Gasteiger partial charge in [0.2, 0.25) is 0 Å². The van der Waals surface area contributed by atoms with Gasteiger partial charge in [0.1, 0.15) is 0 Å². The minimum absolute atomic E-state index is 0.264. The van der Waals surface area contributed by atoms with Crippen LogP contribution in [0.15, 0.2) is 12.3 Å². The van der Waals surface area contributed by atoms with Gasteiger partial charge in [0.25, 0.3) is 0 Å². The second-order valence-electron chi connectivity index (χ2n) is 2.00. The van der Waals surface area contributed by atoms with Gasteiger partial charge in [-0.3, -0.25) is 0 Å². The van der Waals surface area contributed by atoms with Crippen LogP contribution in [0.2, 0.25) is 0 Å². The average molecular weight is 162 g/mol. The number of hydrogen-bond acceptors (Lipinski definition) is 2. The molecule has 1 rings (SSSR count). The monoisotopic (exact) mass is 162 g/mol. The third kappa shape index (κ3) is 1.98. The van der Waals surface area contributed by atoms with E-state index in [9.17, 15) is 8.78 Å². The third-order valence-corrected chi connectivity index (χ3v) is 1.16. The first-order valence-corrected chi connectivity index (χ1v) is 3.05. The molecule has 1 aromatic rings. The fourth-order valence-corrected chi connectivity index (χ4v) is 0.711. The van der Waals surface area contributed by atoms with Gasteiger partial charge in [0.05, 0.1) is 12.3 Å². The zero-order valence-corrected chi connectivity index (χ0v) is 6.00. The smallest absolute Gasteiger partial charge is 0.333 e. The Bertz CT molecular complexity index is 224. The molecule has 0 aromatic carbocycles. The summed E-state index contributed by atoms with van der Waals surface area (Å²) in [5.41, 5.74) is 0.507. The molecule has 0 N–H and O–H groups in total. The SMILES string of the molecule is COCc1ccn(C(F)F)n1. The van der Waals surface area contributed by atoms with E-state index in [2.05, 4.69) is 5.10 Å². The Labute approximate surface area is 62.6 Å². The molecule has 0 saturated carbocycles. The van der Waals surface area contributed by atoms with E-state index >= 15 is 0 Å². The van der Waals surface area contributed by atoms with Crippen molar-refractivity contribution >= 4 is 0 Å². The number of nitrogens with zero attached hydrogens (tertiary/aromatic N) is 2. The average Bonchev–Trinajstić information content (AvgIpc) is 2.37. The van der Waals surface area contributed by atoms with Crippen LogP contribution in [0.4, 0.5) is 8.78 Å². The lowest BCUT2D eigenvalue weighted by atomic mass is 10.5. The Morgan fingerprint density at radius 1 is 1.73 bits per heavy atom. The van der Waals surface area contributed by atoms with Crippen LogP contribution < -0.4 is 0 Å². The van der Waals surface area contributed by atoms with E-state index in [0.29, 0.717) is 10.4 Å². The predicted octanol–water partition coefficient (Wildman–Crippen LogP) is 1.42. The van der Waals surface area contributed by atoms with Crippen LogP contribution in [0.25, 0.3) is 0 Å². The molecule has 0 bridgehead atoms. The highest BCUT2D eigenvalue weighted by Crippen LogP contribution is 2.08. The molecule has 0 aliphatic heterocycles. The van der Waals surface area contributed by atoms with Gasteiger partial charge in [-0.2, -0.15) is 13.9 Å². The van der Waals surface area contributed by atoms with Crippen molar-refractivity contribution in [1.29, 1.82) is 0 Å². The summed E-state index contributed by atoms with van der Waals surface area (Å²) in [6, 6.07) is 1.50. The van der Waals surface area contributed by atoms with Gasteiger partial charge < -0.3 is 4.74 Å². The molecule has 0 amide bonds. The molecule has 1 aromatic heterocycles. The molecule has 0 saturated heterocycles. The van der Waals surface area contributed by atoms with Crippen molar-refractivity contribution in [2.24, 2.45) is 0 Å². The number of aromatic nitrogens is 2. The van der Waals surface area contributed by atoms with Gasteiger partial charge in [0.15, 0.2) is 0 Å². The van der Waals surface area contributed by atoms with E-state index in [4.69, 9.17) is 4.74 Å². The second kappa shape index (κ2) is 3.43. The van der Waals surface area contributed by atoms with Crippen LogP contribution in [0.1, 0.15) is 12.2 Å². The summed E-state index contributed by atoms with van der Waals surface area (Å²) in [5, 5.41) is 3.54. The molecule has 0 aliphatic carbocycles. The summed E-state index contributed by atoms with van der Waals surface area (Å²) in [5.74, 6) is 0. The Balaban J connectivity index is 2.66. The lowest BCUT2D eigenvalue weighted by Gasteiger charge is -1.96. The minimum Gasteiger partial charge on any atom is -0.378 e. The largest absolute Gasteiger partial charge is 0.378 e. The molecule has 11 heavy (non-hydrogen) atoms. The van der Waals surface area contributed by atoms with Gasteiger partial charge >= 0.3 is 6.55 Å². The van der Waals surface area contributed by atoms with Gasteiger partial charge in [-0.05, 0) is 6.07 Å². The summed E-state index contributed by atoms with van der Waals surface area (Å²) in [6.07, 6.45) is 1.22. The third-order valence-electron chi connectivity index (χ3n) is 1.16. The van der Waals surface area contributed by atoms with Crippen molar-refractivity contribution in [2.75, 3.05) is 7.11 Å². The predicted molar refractivity (Wildman–Crippen MR) is 34.2 cm³/mol. The molecule has 1 heterocycles. The van der Waals surface area contributed by atoms with Gasteiger partial charge in [-0.1, -0.05) is 0 Å². The van der Waals surface area contributed by atoms with Crippen molar-refractivity contribution in [2.45, 2.75) is 13.2 Å². The van der Waals surface area contributed by atoms with E-state index in [0.717, 1.165) is 0 Å². The summed E-state index contributed by atoms with van der Waals surface area (Å²) in [6.45, 7) is -2.31. The van der Waals surface area contributed by atoms with Crippen molar-refractivity contribution in [3.8, 4) is 0 Å². The molecule has 0 spiro atoms. The molecular formula is C6H8F2N2O. The fourth-order valence-electron chi connectivity index (χ4n) is 0.711. The number of rotatable bonds is 3. The van der Waals surface area contributed by atoms with Crippen molar-refractivity contribution in [3.63, 3.8) is 0 Å². The van der Waals surface area contributed by atoms with E-state index in [1.807, 2.05) is 0 Å². The van der Waals surface area contributed by atoms with E-state index in [1.165, 1.54) is 19.4 Å². The zero-order chi connectivity index (χ0) is 8.27. The Morgan fingerprint density at radius 3 is 2.91 bits per heavy atom. The lowest BCUT2D eigenvalue weighted by Crippen LogP contribution is -1.99. The van der Waals surface area contributed by atoms with Crippen molar-refractivity contribution in [3.05, 3.63) is 18.0 Å². The van der Waals surface area contributed by atoms with Crippen LogP contribution in [0.5, 0.6) is 0 Å². The second-order valence-corrected chi connectivity index (χ2v) is 2.00. The molecular weight excluding hydrogens is 154 g/mol. The highest BCUT2D eigenvalue weighted by atomic mass is 19.3. The number of methoxy groups -OCH3 is 1. The number of alkyl halides is 2. The van der Waals surface area contributed by atoms with E-state index in [1.54, 1.807) is 0 Å². The van der Waals surface area contributed by atoms with Crippen LogP contribution in [-0.2, 0) is 11.3 Å². The Hall–Kier alpha value is -0.970. The van der Waals surface area contributed by atoms with E-state index < -0.39 is 6.55 Å². The maximum atomic E-state index is 11.9. The molecule has 0 fully saturated rings. The summed E-state index contributed by atoms with van der Waals surface area (Å²) in [7, 11) is 1.49. The first-order valence-electron chi connectivity index (χ1n) is 3.05. The molecule has 0 atom stereocenters. The maximum absolute atomic E-state index is 11.9. The molecule has 3 nitrogen and oxygen atoms in total. The Kier molecular flexibility index (Phi) is 2.53. The van der Waals surface area contributed by atoms with E-state index in [-0.39, 0.29) is 6.61 Å². The van der Waals surface area contributed by atoms with Crippen molar-refractivity contribution < 1.29 is 13.5 Å². The quantitative estimate of drug-likeness (QED) is 0.672. The Morgan fingerprint density at radius 2 is 2.45 bits per heavy atom. The molecule has 62 valence electrons. The number of ether oxygens (including phenoxy) is 1. The molecule has 0 unspecified atom stereocenters. The summed E-state index contributed by atoms with van der Waals surface area (Å²) >= 11 is 0. The minimum atomic E-state index is -2.57. The van der Waals surface area contributed by atoms with Gasteiger partial charge in [-0.25, -0.2) is 4.68 Å². The first-order chi connectivity index (χ1) is 5.24. The number of halogens is 2. The summed E-state index contributed by atoms with van der Waals surface area (Å²) < 4.78 is 29.1. The van der Waals surface area contributed by atoms with Gasteiger partial charge in [-0.15, -0.1) is 0 Å². The molecule has 0 radical (unpaired) electrons. The van der Waals surface area contributed by atoms with Crippen LogP contribution in [0.3, 0.4) is 0 Å². The lowest BCUT2D eigenvalue weighted by molar-refractivity contribution is 0.0552. The van der Waals surface area contributed by atoms with Crippen molar-refractivity contribution in [1.82, 2.24) is 9.78 Å². The maximum Gasteiger partial charge on any atom is 0.333 e. The van der Waals surface area contributed by atoms with Crippen LogP contribution >= 0.6 is 0 Å². The number of hydrogen-bond donors (Lipinski definition) is 0. The van der Waals surface area contributed by atoms with Gasteiger partial charge in [0, 0.05) is 13.3 Å². The first kappa shape index (κ1) is 8.13. The van der Waals surface area contributed by atoms with Crippen LogP contribution in [-0.4, -0.2) is 16.9 Å². The molecule has 5 heteroatoms. The normalized spacial score (nSPS) is 10.9. The molecule has 0 aliphatic rings. The van der Waals surface area contributed by atoms with Crippen LogP contribution in [0, 0.1) is 0 Å². The summed E-state index contributed by atoms with van der Waals surface area (Å²) in [4.78, 5) is 0. The highest BCUT2D eigenvalue weighted by Gasteiger charge is 2.06. The zero-order valence-electron chi connectivity index (χ0n) is 6.00. The fraction of sp³-hybridized carbons (Fsp3) is 0.500. The highest BCUT2D eigenvalue weighted by molar-refractivity contribution is 4.96. The standard InChI is InChI=1S/C6H8F2N2O/c1-11-4-5-2-3-10(9-5)6(7)8/h2-3,6H,4H2,1H3.